The van der Waals surface area contributed by atoms with Gasteiger partial charge in [-0.3, -0.25) is 9.59 Å². The molecule has 4 rings (SSSR count). The first-order valence-electron chi connectivity index (χ1n) is 8.76. The molecule has 1 aromatic carbocycles. The van der Waals surface area contributed by atoms with Crippen molar-refractivity contribution in [2.24, 2.45) is 5.92 Å². The van der Waals surface area contributed by atoms with Gasteiger partial charge in [0, 0.05) is 50.2 Å². The van der Waals surface area contributed by atoms with Crippen molar-refractivity contribution >= 4 is 22.8 Å². The Kier molecular flexibility index (Phi) is 4.21. The molecule has 0 spiro atoms. The molecule has 0 radical (unpaired) electrons. The first-order valence-corrected chi connectivity index (χ1v) is 8.76. The van der Waals surface area contributed by atoms with E-state index in [1.54, 1.807) is 12.0 Å². The van der Waals surface area contributed by atoms with E-state index in [2.05, 4.69) is 0 Å². The lowest BCUT2D eigenvalue weighted by Gasteiger charge is -2.34. The third-order valence-corrected chi connectivity index (χ3v) is 4.99. The van der Waals surface area contributed by atoms with Crippen molar-refractivity contribution in [3.8, 4) is 0 Å². The van der Waals surface area contributed by atoms with Gasteiger partial charge in [-0.2, -0.15) is 0 Å². The Hall–Kier alpha value is -2.34. The number of amides is 2. The molecule has 25 heavy (non-hydrogen) atoms. The number of nitrogens with zero attached hydrogens (tertiary/aromatic N) is 2. The van der Waals surface area contributed by atoms with Gasteiger partial charge in [0.05, 0.1) is 6.61 Å². The highest BCUT2D eigenvalue weighted by Gasteiger charge is 2.36. The number of carbonyl (C=O) groups excluding carboxylic acids is 2. The van der Waals surface area contributed by atoms with Gasteiger partial charge >= 0.3 is 0 Å². The van der Waals surface area contributed by atoms with Crippen LogP contribution in [0.15, 0.2) is 28.7 Å². The molecule has 6 heteroatoms. The van der Waals surface area contributed by atoms with Crippen molar-refractivity contribution in [2.75, 3.05) is 33.3 Å². The van der Waals surface area contributed by atoms with Crippen LogP contribution in [0.5, 0.6) is 0 Å². The number of ether oxygens (including phenoxy) is 1. The Balaban J connectivity index is 1.52. The van der Waals surface area contributed by atoms with E-state index < -0.39 is 0 Å². The quantitative estimate of drug-likeness (QED) is 0.855. The molecule has 1 aliphatic carbocycles. The zero-order valence-corrected chi connectivity index (χ0v) is 14.4. The van der Waals surface area contributed by atoms with Crippen LogP contribution >= 0.6 is 0 Å². The van der Waals surface area contributed by atoms with E-state index in [9.17, 15) is 9.59 Å². The molecule has 1 saturated heterocycles. The van der Waals surface area contributed by atoms with Crippen LogP contribution in [0.25, 0.3) is 11.0 Å². The molecule has 2 aliphatic rings. The van der Waals surface area contributed by atoms with E-state index in [1.165, 1.54) is 0 Å². The first-order chi connectivity index (χ1) is 12.2. The maximum absolute atomic E-state index is 13.0. The van der Waals surface area contributed by atoms with Crippen LogP contribution in [-0.4, -0.2) is 54.9 Å². The lowest BCUT2D eigenvalue weighted by atomic mass is 10.1. The lowest BCUT2D eigenvalue weighted by molar-refractivity contribution is -0.134. The fourth-order valence-electron chi connectivity index (χ4n) is 3.42. The third-order valence-electron chi connectivity index (χ3n) is 4.99. The van der Waals surface area contributed by atoms with Gasteiger partial charge in [0.25, 0.3) is 5.91 Å². The van der Waals surface area contributed by atoms with Gasteiger partial charge in [0.2, 0.25) is 5.91 Å². The van der Waals surface area contributed by atoms with Crippen LogP contribution in [0.1, 0.15) is 29.0 Å². The van der Waals surface area contributed by atoms with E-state index in [1.807, 2.05) is 29.2 Å². The van der Waals surface area contributed by atoms with Gasteiger partial charge in [-0.25, -0.2) is 0 Å². The van der Waals surface area contributed by atoms with Crippen LogP contribution in [0.3, 0.4) is 0 Å². The highest BCUT2D eigenvalue weighted by molar-refractivity contribution is 5.99. The number of para-hydroxylation sites is 1. The van der Waals surface area contributed by atoms with Crippen LogP contribution in [0.4, 0.5) is 0 Å². The smallest absolute Gasteiger partial charge is 0.290 e. The number of rotatable bonds is 4. The molecule has 0 N–H and O–H groups in total. The SMILES string of the molecule is COCc1c(C(=O)N2CCN(C(=O)C3CC3)CC2)oc2ccccc12. The second kappa shape index (κ2) is 6.52. The van der Waals surface area contributed by atoms with Crippen molar-refractivity contribution in [1.82, 2.24) is 9.80 Å². The minimum absolute atomic E-state index is 0.123. The number of benzene rings is 1. The first kappa shape index (κ1) is 16.1. The van der Waals surface area contributed by atoms with E-state index in [-0.39, 0.29) is 17.7 Å². The zero-order valence-electron chi connectivity index (χ0n) is 14.4. The van der Waals surface area contributed by atoms with Gasteiger partial charge in [-0.1, -0.05) is 18.2 Å². The highest BCUT2D eigenvalue weighted by Crippen LogP contribution is 2.32. The van der Waals surface area contributed by atoms with Crippen molar-refractivity contribution in [1.29, 1.82) is 0 Å². The number of piperazine rings is 1. The molecule has 2 aromatic rings. The highest BCUT2D eigenvalue weighted by atomic mass is 16.5. The largest absolute Gasteiger partial charge is 0.451 e. The summed E-state index contributed by atoms with van der Waals surface area (Å²) in [6, 6.07) is 7.61. The zero-order chi connectivity index (χ0) is 17.4. The Morgan fingerprint density at radius 1 is 1.12 bits per heavy atom. The molecule has 0 atom stereocenters. The summed E-state index contributed by atoms with van der Waals surface area (Å²) in [5, 5.41) is 0.912. The summed E-state index contributed by atoms with van der Waals surface area (Å²) in [6.45, 7) is 2.61. The maximum Gasteiger partial charge on any atom is 0.290 e. The minimum atomic E-state index is -0.123. The number of hydrogen-bond acceptors (Lipinski definition) is 4. The van der Waals surface area contributed by atoms with Gasteiger partial charge in [-0.05, 0) is 18.9 Å². The summed E-state index contributed by atoms with van der Waals surface area (Å²) in [7, 11) is 1.61. The predicted octanol–water partition coefficient (Wildman–Crippen LogP) is 2.27. The normalized spacial score (nSPS) is 18.0. The van der Waals surface area contributed by atoms with Gasteiger partial charge in [-0.15, -0.1) is 0 Å². The molecule has 2 heterocycles. The summed E-state index contributed by atoms with van der Waals surface area (Å²) < 4.78 is 11.1. The average Bonchev–Trinajstić information content (AvgIpc) is 3.44. The maximum atomic E-state index is 13.0. The molecule has 1 aromatic heterocycles. The number of methoxy groups -OCH3 is 1. The molecular formula is C19H22N2O4. The standard InChI is InChI=1S/C19H22N2O4/c1-24-12-15-14-4-2-3-5-16(14)25-17(15)19(23)21-10-8-20(9-11-21)18(22)13-6-7-13/h2-5,13H,6-12H2,1H3. The van der Waals surface area contributed by atoms with Crippen LogP contribution in [-0.2, 0) is 16.1 Å². The Morgan fingerprint density at radius 3 is 2.48 bits per heavy atom. The van der Waals surface area contributed by atoms with Crippen LogP contribution in [0, 0.1) is 5.92 Å². The molecule has 1 saturated carbocycles. The molecule has 132 valence electrons. The number of furan rings is 1. The number of carbonyl (C=O) groups is 2. The van der Waals surface area contributed by atoms with Crippen LogP contribution < -0.4 is 0 Å². The second-order valence-corrected chi connectivity index (χ2v) is 6.73. The lowest BCUT2D eigenvalue weighted by Crippen LogP contribution is -2.51. The van der Waals surface area contributed by atoms with Gasteiger partial charge in [0.15, 0.2) is 5.76 Å². The summed E-state index contributed by atoms with van der Waals surface area (Å²) in [5.74, 6) is 0.702. The molecule has 0 unspecified atom stereocenters. The summed E-state index contributed by atoms with van der Waals surface area (Å²) in [5.41, 5.74) is 1.49. The van der Waals surface area contributed by atoms with Crippen molar-refractivity contribution < 1.29 is 18.7 Å². The summed E-state index contributed by atoms with van der Waals surface area (Å²) >= 11 is 0. The monoisotopic (exact) mass is 342 g/mol. The van der Waals surface area contributed by atoms with E-state index in [4.69, 9.17) is 9.15 Å². The molecule has 0 bridgehead atoms. The average molecular weight is 342 g/mol. The van der Waals surface area contributed by atoms with Crippen LogP contribution in [0.2, 0.25) is 0 Å². The van der Waals surface area contributed by atoms with Crippen molar-refractivity contribution in [2.45, 2.75) is 19.4 Å². The number of hydrogen-bond donors (Lipinski definition) is 0. The van der Waals surface area contributed by atoms with E-state index >= 15 is 0 Å². The fraction of sp³-hybridized carbons (Fsp3) is 0.474. The minimum Gasteiger partial charge on any atom is -0.451 e. The van der Waals surface area contributed by atoms with Crippen molar-refractivity contribution in [3.05, 3.63) is 35.6 Å². The fourth-order valence-corrected chi connectivity index (χ4v) is 3.42. The second-order valence-electron chi connectivity index (χ2n) is 6.73. The molecule has 1 aliphatic heterocycles. The molecular weight excluding hydrogens is 320 g/mol. The Labute approximate surface area is 146 Å². The summed E-state index contributed by atoms with van der Waals surface area (Å²) in [4.78, 5) is 28.8. The van der Waals surface area contributed by atoms with Gasteiger partial charge < -0.3 is 19.0 Å². The van der Waals surface area contributed by atoms with E-state index in [0.717, 1.165) is 23.8 Å². The molecule has 6 nitrogen and oxygen atoms in total. The third kappa shape index (κ3) is 3.02. The Bertz CT molecular complexity index is 801. The molecule has 2 fully saturated rings. The Morgan fingerprint density at radius 2 is 1.80 bits per heavy atom. The van der Waals surface area contributed by atoms with E-state index in [0.29, 0.717) is 44.1 Å². The topological polar surface area (TPSA) is 63.0 Å². The van der Waals surface area contributed by atoms with Gasteiger partial charge in [0.1, 0.15) is 5.58 Å². The molecule has 2 amide bonds. The summed E-state index contributed by atoms with van der Waals surface area (Å²) in [6.07, 6.45) is 2.02. The predicted molar refractivity (Wildman–Crippen MR) is 92.1 cm³/mol. The number of fused-ring (bicyclic) bond motifs is 1. The van der Waals surface area contributed by atoms with Crippen molar-refractivity contribution in [3.63, 3.8) is 0 Å².